The minimum Gasteiger partial charge on any atom is -0.550 e. The molecule has 2 atom stereocenters. The Kier molecular flexibility index (Phi) is 5.16. The molecule has 6 heteroatoms. The lowest BCUT2D eigenvalue weighted by Gasteiger charge is -2.32. The molecule has 0 unspecified atom stereocenters. The third-order valence-corrected chi connectivity index (χ3v) is 4.24. The zero-order valence-corrected chi connectivity index (χ0v) is 13.1. The lowest BCUT2D eigenvalue weighted by Crippen LogP contribution is -2.49. The van der Waals surface area contributed by atoms with Crippen LogP contribution in [0.1, 0.15) is 37.0 Å². The summed E-state index contributed by atoms with van der Waals surface area (Å²) in [5.41, 5.74) is 7.00. The molecule has 2 amide bonds. The first kappa shape index (κ1) is 16.7. The summed E-state index contributed by atoms with van der Waals surface area (Å²) >= 11 is 0. The number of nitrogens with one attached hydrogen (secondary N) is 2. The summed E-state index contributed by atoms with van der Waals surface area (Å²) in [5, 5.41) is 11.3. The van der Waals surface area contributed by atoms with E-state index in [0.29, 0.717) is 18.4 Å². The van der Waals surface area contributed by atoms with Crippen molar-refractivity contribution in [3.8, 4) is 0 Å². The summed E-state index contributed by atoms with van der Waals surface area (Å²) in [6.07, 6.45) is 0.635. The second-order valence-corrected chi connectivity index (χ2v) is 5.81. The number of hydrogen-bond donors (Lipinski definition) is 2. The van der Waals surface area contributed by atoms with E-state index in [1.165, 1.54) is 0 Å². The van der Waals surface area contributed by atoms with Gasteiger partial charge in [-0.3, -0.25) is 20.4 Å². The molecule has 23 heavy (non-hydrogen) atoms. The van der Waals surface area contributed by atoms with Crippen molar-refractivity contribution < 1.29 is 19.5 Å². The predicted molar refractivity (Wildman–Crippen MR) is 81.6 cm³/mol. The van der Waals surface area contributed by atoms with Gasteiger partial charge in [0.05, 0.1) is 5.92 Å². The van der Waals surface area contributed by atoms with Crippen LogP contribution in [-0.2, 0) is 9.59 Å². The molecule has 0 saturated carbocycles. The molecule has 0 aromatic heterocycles. The van der Waals surface area contributed by atoms with E-state index in [-0.39, 0.29) is 0 Å². The maximum atomic E-state index is 12.3. The van der Waals surface area contributed by atoms with E-state index in [2.05, 4.69) is 10.9 Å². The van der Waals surface area contributed by atoms with Crippen LogP contribution in [0.2, 0.25) is 0 Å². The van der Waals surface area contributed by atoms with Crippen molar-refractivity contribution in [2.75, 3.05) is 0 Å². The van der Waals surface area contributed by atoms with Gasteiger partial charge in [-0.2, -0.15) is 0 Å². The van der Waals surface area contributed by atoms with Crippen LogP contribution in [0.3, 0.4) is 0 Å². The smallest absolute Gasteiger partial charge is 0.269 e. The molecule has 0 aliphatic heterocycles. The van der Waals surface area contributed by atoms with Crippen LogP contribution in [0.25, 0.3) is 0 Å². The Morgan fingerprint density at radius 1 is 0.957 bits per heavy atom. The fourth-order valence-electron chi connectivity index (χ4n) is 2.69. The number of carbonyl (C=O) groups excluding carboxylic acids is 3. The van der Waals surface area contributed by atoms with Gasteiger partial charge in [0.15, 0.2) is 0 Å². The van der Waals surface area contributed by atoms with Crippen LogP contribution < -0.4 is 16.0 Å². The molecule has 122 valence electrons. The third kappa shape index (κ3) is 3.97. The lowest BCUT2D eigenvalue weighted by atomic mass is 9.76. The minimum absolute atomic E-state index is 0.291. The van der Waals surface area contributed by atoms with Gasteiger partial charge < -0.3 is 9.90 Å². The predicted octanol–water partition coefficient (Wildman–Crippen LogP) is 0.560. The van der Waals surface area contributed by atoms with E-state index < -0.39 is 29.6 Å². The van der Waals surface area contributed by atoms with Crippen molar-refractivity contribution in [3.05, 3.63) is 47.0 Å². The Hall–Kier alpha value is -2.63. The zero-order valence-electron chi connectivity index (χ0n) is 13.1. The summed E-state index contributed by atoms with van der Waals surface area (Å²) in [7, 11) is 0. The summed E-state index contributed by atoms with van der Waals surface area (Å²) in [6, 6.07) is 8.42. The number of aliphatic carboxylic acids is 1. The molecule has 1 aromatic carbocycles. The number of allylic oxidation sites excluding steroid dienone is 2. The first-order valence-corrected chi connectivity index (χ1v) is 7.41. The molecule has 1 aromatic rings. The molecule has 0 heterocycles. The maximum Gasteiger partial charge on any atom is 0.269 e. The van der Waals surface area contributed by atoms with E-state index in [4.69, 9.17) is 0 Å². The highest BCUT2D eigenvalue weighted by Gasteiger charge is 2.33. The van der Waals surface area contributed by atoms with Crippen molar-refractivity contribution in [1.82, 2.24) is 10.9 Å². The largest absolute Gasteiger partial charge is 0.550 e. The van der Waals surface area contributed by atoms with E-state index in [1.807, 2.05) is 13.8 Å². The molecule has 6 nitrogen and oxygen atoms in total. The second kappa shape index (κ2) is 7.09. The Morgan fingerprint density at radius 3 is 2.09 bits per heavy atom. The van der Waals surface area contributed by atoms with Crippen LogP contribution in [0.4, 0.5) is 0 Å². The number of carboxylic acids is 1. The number of carboxylic acid groups (broad SMARTS) is 1. The monoisotopic (exact) mass is 315 g/mol. The molecule has 2 N–H and O–H groups in total. The second-order valence-electron chi connectivity index (χ2n) is 5.81. The minimum atomic E-state index is -1.24. The number of carbonyl (C=O) groups is 3. The molecule has 0 fully saturated rings. The molecule has 1 aliphatic rings. The van der Waals surface area contributed by atoms with E-state index in [9.17, 15) is 19.5 Å². The van der Waals surface area contributed by atoms with Crippen LogP contribution in [0.5, 0.6) is 0 Å². The molecule has 2 rings (SSSR count). The number of amides is 2. The zero-order chi connectivity index (χ0) is 17.0. The van der Waals surface area contributed by atoms with E-state index in [1.54, 1.807) is 30.3 Å². The topological polar surface area (TPSA) is 98.3 Å². The van der Waals surface area contributed by atoms with Gasteiger partial charge in [-0.25, -0.2) is 0 Å². The van der Waals surface area contributed by atoms with Crippen molar-refractivity contribution in [2.45, 2.75) is 26.7 Å². The van der Waals surface area contributed by atoms with Gasteiger partial charge in [0.1, 0.15) is 0 Å². The number of hydrogen-bond acceptors (Lipinski definition) is 4. The Labute approximate surface area is 134 Å². The Balaban J connectivity index is 2.02. The summed E-state index contributed by atoms with van der Waals surface area (Å²) in [4.78, 5) is 35.4. The highest BCUT2D eigenvalue weighted by Crippen LogP contribution is 2.33. The number of rotatable bonds is 3. The molecular formula is C17H19N2O4-. The van der Waals surface area contributed by atoms with Gasteiger partial charge >= 0.3 is 0 Å². The molecule has 0 spiro atoms. The highest BCUT2D eigenvalue weighted by atomic mass is 16.4. The Bertz CT molecular complexity index is 652. The average molecular weight is 315 g/mol. The third-order valence-electron chi connectivity index (χ3n) is 4.24. The van der Waals surface area contributed by atoms with Gasteiger partial charge in [-0.1, -0.05) is 29.3 Å². The van der Waals surface area contributed by atoms with Crippen LogP contribution in [-0.4, -0.2) is 17.8 Å². The van der Waals surface area contributed by atoms with Crippen molar-refractivity contribution in [2.24, 2.45) is 11.8 Å². The number of benzene rings is 1. The van der Waals surface area contributed by atoms with Crippen LogP contribution in [0.15, 0.2) is 41.5 Å². The fourth-order valence-corrected chi connectivity index (χ4v) is 2.69. The quantitative estimate of drug-likeness (QED) is 0.629. The standard InChI is InChI=1S/C17H20N2O4/c1-10-8-13(14(17(22)23)9-11(10)2)16(21)19-18-15(20)12-6-4-3-5-7-12/h3-7,13-14H,8-9H2,1-2H3,(H,18,20)(H,19,21)(H,22,23)/p-1/t13-,14+/m1/s1. The Morgan fingerprint density at radius 2 is 1.52 bits per heavy atom. The van der Waals surface area contributed by atoms with Crippen LogP contribution in [0, 0.1) is 11.8 Å². The summed E-state index contributed by atoms with van der Waals surface area (Å²) < 4.78 is 0. The number of hydrazine groups is 1. The first-order chi connectivity index (χ1) is 10.9. The average Bonchev–Trinajstić information content (AvgIpc) is 2.55. The van der Waals surface area contributed by atoms with E-state index in [0.717, 1.165) is 11.1 Å². The first-order valence-electron chi connectivity index (χ1n) is 7.41. The summed E-state index contributed by atoms with van der Waals surface area (Å²) in [5.74, 6) is -3.85. The molecule has 1 aliphatic carbocycles. The summed E-state index contributed by atoms with van der Waals surface area (Å²) in [6.45, 7) is 3.74. The van der Waals surface area contributed by atoms with Crippen molar-refractivity contribution in [1.29, 1.82) is 0 Å². The van der Waals surface area contributed by atoms with Crippen molar-refractivity contribution >= 4 is 17.8 Å². The van der Waals surface area contributed by atoms with Crippen molar-refractivity contribution in [3.63, 3.8) is 0 Å². The van der Waals surface area contributed by atoms with Crippen LogP contribution >= 0.6 is 0 Å². The van der Waals surface area contributed by atoms with Gasteiger partial charge in [0, 0.05) is 17.5 Å². The van der Waals surface area contributed by atoms with E-state index >= 15 is 0 Å². The molecular weight excluding hydrogens is 296 g/mol. The molecule has 0 bridgehead atoms. The van der Waals surface area contributed by atoms with Gasteiger partial charge in [0.25, 0.3) is 5.91 Å². The highest BCUT2D eigenvalue weighted by molar-refractivity contribution is 5.95. The van der Waals surface area contributed by atoms with Gasteiger partial charge in [-0.15, -0.1) is 0 Å². The fraction of sp³-hybridized carbons (Fsp3) is 0.353. The molecule has 0 radical (unpaired) electrons. The molecule has 0 saturated heterocycles. The normalized spacial score (nSPS) is 20.8. The SMILES string of the molecule is CC1=C(C)C[C@@H](C(=O)NNC(=O)c2ccccc2)[C@@H](C(=O)[O-])C1. The van der Waals surface area contributed by atoms with Gasteiger partial charge in [-0.05, 0) is 38.8 Å². The lowest BCUT2D eigenvalue weighted by molar-refractivity contribution is -0.313. The maximum absolute atomic E-state index is 12.3. The van der Waals surface area contributed by atoms with Gasteiger partial charge in [0.2, 0.25) is 5.91 Å².